The summed E-state index contributed by atoms with van der Waals surface area (Å²) >= 11 is 6.00. The number of halogens is 1. The maximum atomic E-state index is 12.3. The molecule has 1 amide bonds. The van der Waals surface area contributed by atoms with Gasteiger partial charge in [-0.2, -0.15) is 0 Å². The Bertz CT molecular complexity index is 775. The lowest BCUT2D eigenvalue weighted by Gasteiger charge is -2.10. The maximum absolute atomic E-state index is 12.3. The first-order chi connectivity index (χ1) is 10.8. The number of aromatic carboxylic acids is 1. The van der Waals surface area contributed by atoms with Gasteiger partial charge in [-0.25, -0.2) is 14.8 Å². The number of hydrogen-bond donors (Lipinski definition) is 2. The molecule has 0 fully saturated rings. The van der Waals surface area contributed by atoms with Gasteiger partial charge in [-0.05, 0) is 30.7 Å². The van der Waals surface area contributed by atoms with Crippen LogP contribution in [0.5, 0.6) is 0 Å². The number of anilines is 1. The number of aromatic nitrogens is 2. The lowest BCUT2D eigenvalue weighted by atomic mass is 10.1. The summed E-state index contributed by atoms with van der Waals surface area (Å²) in [7, 11) is 0. The van der Waals surface area contributed by atoms with Crippen LogP contribution in [0.3, 0.4) is 0 Å². The number of benzene rings is 1. The molecule has 0 bridgehead atoms. The fraction of sp³-hybridized carbons (Fsp3) is 0.250. The molecular formula is C16H16ClN3O3. The van der Waals surface area contributed by atoms with Crippen molar-refractivity contribution in [3.63, 3.8) is 0 Å². The lowest BCUT2D eigenvalue weighted by Crippen LogP contribution is -2.16. The van der Waals surface area contributed by atoms with Crippen LogP contribution in [-0.4, -0.2) is 27.0 Å². The van der Waals surface area contributed by atoms with Crippen LogP contribution >= 0.6 is 11.6 Å². The number of nitrogens with zero attached hydrogens (tertiary/aromatic N) is 2. The molecule has 0 saturated heterocycles. The molecule has 1 aromatic heterocycles. The number of amides is 1. The molecule has 1 aromatic carbocycles. The molecule has 0 aliphatic heterocycles. The van der Waals surface area contributed by atoms with Gasteiger partial charge < -0.3 is 10.4 Å². The Morgan fingerprint density at radius 1 is 1.30 bits per heavy atom. The monoisotopic (exact) mass is 333 g/mol. The van der Waals surface area contributed by atoms with Crippen LogP contribution in [0.2, 0.25) is 5.02 Å². The molecule has 0 spiro atoms. The van der Waals surface area contributed by atoms with E-state index in [0.29, 0.717) is 17.1 Å². The highest BCUT2D eigenvalue weighted by Gasteiger charge is 2.16. The maximum Gasteiger partial charge on any atom is 0.335 e. The smallest absolute Gasteiger partial charge is 0.335 e. The molecule has 1 heterocycles. The molecule has 0 aliphatic carbocycles. The second-order valence-electron chi connectivity index (χ2n) is 5.37. The Morgan fingerprint density at radius 3 is 2.57 bits per heavy atom. The van der Waals surface area contributed by atoms with Crippen LogP contribution in [-0.2, 0) is 0 Å². The second-order valence-corrected chi connectivity index (χ2v) is 5.78. The lowest BCUT2D eigenvalue weighted by molar-refractivity contribution is 0.0696. The van der Waals surface area contributed by atoms with Crippen LogP contribution in [0.25, 0.3) is 0 Å². The summed E-state index contributed by atoms with van der Waals surface area (Å²) in [6.07, 6.45) is 1.40. The van der Waals surface area contributed by atoms with Crippen molar-refractivity contribution in [2.75, 3.05) is 5.32 Å². The van der Waals surface area contributed by atoms with Crippen molar-refractivity contribution in [2.24, 2.45) is 0 Å². The van der Waals surface area contributed by atoms with E-state index in [1.807, 2.05) is 13.8 Å². The number of aryl methyl sites for hydroxylation is 1. The predicted octanol–water partition coefficient (Wildman–Crippen LogP) is 3.51. The van der Waals surface area contributed by atoms with Gasteiger partial charge in [-0.15, -0.1) is 0 Å². The van der Waals surface area contributed by atoms with Gasteiger partial charge in [-0.3, -0.25) is 4.79 Å². The molecule has 23 heavy (non-hydrogen) atoms. The van der Waals surface area contributed by atoms with Crippen molar-refractivity contribution in [1.29, 1.82) is 0 Å². The molecule has 0 radical (unpaired) electrons. The first-order valence-electron chi connectivity index (χ1n) is 6.97. The Hall–Kier alpha value is -2.47. The van der Waals surface area contributed by atoms with Gasteiger partial charge in [0.15, 0.2) is 5.69 Å². The van der Waals surface area contributed by atoms with Gasteiger partial charge in [0.1, 0.15) is 5.82 Å². The number of rotatable bonds is 4. The molecule has 0 aliphatic rings. The second kappa shape index (κ2) is 6.75. The van der Waals surface area contributed by atoms with Crippen molar-refractivity contribution in [3.8, 4) is 0 Å². The Labute approximate surface area is 138 Å². The Morgan fingerprint density at radius 2 is 2.00 bits per heavy atom. The number of hydrogen-bond acceptors (Lipinski definition) is 4. The first-order valence-corrected chi connectivity index (χ1v) is 7.35. The third-order valence-electron chi connectivity index (χ3n) is 3.21. The SMILES string of the molecule is Cc1cc(NC(=O)c2nc(C(C)C)ncc2Cl)ccc1C(=O)O. The highest BCUT2D eigenvalue weighted by Crippen LogP contribution is 2.19. The van der Waals surface area contributed by atoms with Crippen molar-refractivity contribution in [1.82, 2.24) is 9.97 Å². The summed E-state index contributed by atoms with van der Waals surface area (Å²) in [5.41, 5.74) is 1.29. The molecule has 2 N–H and O–H groups in total. The number of carbonyl (C=O) groups is 2. The van der Waals surface area contributed by atoms with E-state index in [4.69, 9.17) is 16.7 Å². The van der Waals surface area contributed by atoms with Crippen LogP contribution < -0.4 is 5.32 Å². The quantitative estimate of drug-likeness (QED) is 0.893. The average molecular weight is 334 g/mol. The molecule has 0 atom stereocenters. The Balaban J connectivity index is 2.27. The van der Waals surface area contributed by atoms with Crippen molar-refractivity contribution in [2.45, 2.75) is 26.7 Å². The van der Waals surface area contributed by atoms with Crippen LogP contribution in [0.15, 0.2) is 24.4 Å². The van der Waals surface area contributed by atoms with E-state index >= 15 is 0 Å². The van der Waals surface area contributed by atoms with E-state index in [1.54, 1.807) is 13.0 Å². The number of nitrogens with one attached hydrogen (secondary N) is 1. The third kappa shape index (κ3) is 3.84. The van der Waals surface area contributed by atoms with Gasteiger partial charge in [-0.1, -0.05) is 25.4 Å². The normalized spacial score (nSPS) is 10.7. The molecule has 0 unspecified atom stereocenters. The van der Waals surface area contributed by atoms with E-state index in [0.717, 1.165) is 0 Å². The van der Waals surface area contributed by atoms with E-state index < -0.39 is 11.9 Å². The zero-order valence-electron chi connectivity index (χ0n) is 12.9. The summed E-state index contributed by atoms with van der Waals surface area (Å²) in [4.78, 5) is 31.6. The van der Waals surface area contributed by atoms with Crippen molar-refractivity contribution in [3.05, 3.63) is 52.1 Å². The fourth-order valence-corrected chi connectivity index (χ4v) is 2.17. The molecule has 2 aromatic rings. The number of carboxylic acid groups (broad SMARTS) is 1. The van der Waals surface area contributed by atoms with Crippen LogP contribution in [0.4, 0.5) is 5.69 Å². The van der Waals surface area contributed by atoms with Crippen molar-refractivity contribution >= 4 is 29.2 Å². The standard InChI is InChI=1S/C16H16ClN3O3/c1-8(2)14-18-7-12(17)13(20-14)15(21)19-10-4-5-11(16(22)23)9(3)6-10/h4-8H,1-3H3,(H,19,21)(H,22,23). The highest BCUT2D eigenvalue weighted by atomic mass is 35.5. The minimum Gasteiger partial charge on any atom is -0.478 e. The molecule has 2 rings (SSSR count). The van der Waals surface area contributed by atoms with Gasteiger partial charge in [0.25, 0.3) is 5.91 Å². The number of carboxylic acids is 1. The predicted molar refractivity (Wildman–Crippen MR) is 87.2 cm³/mol. The van der Waals surface area contributed by atoms with Gasteiger partial charge in [0.2, 0.25) is 0 Å². The van der Waals surface area contributed by atoms with E-state index in [1.165, 1.54) is 18.3 Å². The van der Waals surface area contributed by atoms with Crippen LogP contribution in [0, 0.1) is 6.92 Å². The van der Waals surface area contributed by atoms with Crippen molar-refractivity contribution < 1.29 is 14.7 Å². The minimum absolute atomic E-state index is 0.0657. The number of carbonyl (C=O) groups excluding carboxylic acids is 1. The van der Waals surface area contributed by atoms with Gasteiger partial charge in [0.05, 0.1) is 16.8 Å². The van der Waals surface area contributed by atoms with Gasteiger partial charge >= 0.3 is 5.97 Å². The summed E-state index contributed by atoms with van der Waals surface area (Å²) in [5.74, 6) is -0.893. The van der Waals surface area contributed by atoms with E-state index in [-0.39, 0.29) is 22.2 Å². The molecule has 0 saturated carbocycles. The fourth-order valence-electron chi connectivity index (χ4n) is 1.99. The van der Waals surface area contributed by atoms with E-state index in [9.17, 15) is 9.59 Å². The summed E-state index contributed by atoms with van der Waals surface area (Å²) in [5, 5.41) is 11.8. The largest absolute Gasteiger partial charge is 0.478 e. The van der Waals surface area contributed by atoms with Crippen LogP contribution in [0.1, 0.15) is 52.0 Å². The molecular weight excluding hydrogens is 318 g/mol. The summed E-state index contributed by atoms with van der Waals surface area (Å²) < 4.78 is 0. The van der Waals surface area contributed by atoms with E-state index in [2.05, 4.69) is 15.3 Å². The molecule has 6 nitrogen and oxygen atoms in total. The Kier molecular flexibility index (Phi) is 4.95. The minimum atomic E-state index is -1.01. The summed E-state index contributed by atoms with van der Waals surface area (Å²) in [6, 6.07) is 4.54. The van der Waals surface area contributed by atoms with Gasteiger partial charge in [0, 0.05) is 11.6 Å². The molecule has 7 heteroatoms. The topological polar surface area (TPSA) is 92.2 Å². The zero-order valence-corrected chi connectivity index (χ0v) is 13.7. The first kappa shape index (κ1) is 16.9. The molecule has 120 valence electrons. The summed E-state index contributed by atoms with van der Waals surface area (Å²) in [6.45, 7) is 5.49. The average Bonchev–Trinajstić information content (AvgIpc) is 2.46. The zero-order chi connectivity index (χ0) is 17.1. The highest BCUT2D eigenvalue weighted by molar-refractivity contribution is 6.33. The third-order valence-corrected chi connectivity index (χ3v) is 3.49.